The van der Waals surface area contributed by atoms with Gasteiger partial charge in [0.1, 0.15) is 0 Å². The Morgan fingerprint density at radius 2 is 1.47 bits per heavy atom. The molecule has 1 aromatic carbocycles. The first-order valence-electron chi connectivity index (χ1n) is 5.96. The van der Waals surface area contributed by atoms with E-state index in [0.717, 1.165) is 0 Å². The van der Waals surface area contributed by atoms with Crippen LogP contribution in [0.3, 0.4) is 0 Å². The first-order chi connectivity index (χ1) is 7.33. The molecule has 0 aromatic heterocycles. The van der Waals surface area contributed by atoms with Crippen LogP contribution in [0.5, 0.6) is 0 Å². The molecule has 4 rings (SSSR count). The van der Waals surface area contributed by atoms with Crippen LogP contribution in [0.15, 0.2) is 24.3 Å². The number of methoxy groups -OCH3 is 1. The summed E-state index contributed by atoms with van der Waals surface area (Å²) < 4.78 is 5.85. The van der Waals surface area contributed by atoms with Crippen molar-refractivity contribution in [2.75, 3.05) is 7.11 Å². The number of fused-ring (bicyclic) bond motifs is 3. The van der Waals surface area contributed by atoms with Crippen molar-refractivity contribution in [3.8, 4) is 0 Å². The Bertz CT molecular complexity index is 388. The Morgan fingerprint density at radius 3 is 1.80 bits per heavy atom. The smallest absolute Gasteiger partial charge is 0.0764 e. The summed E-state index contributed by atoms with van der Waals surface area (Å²) in [5, 5.41) is 0. The van der Waals surface area contributed by atoms with E-state index in [9.17, 15) is 0 Å². The van der Waals surface area contributed by atoms with E-state index in [2.05, 4.69) is 24.3 Å². The lowest BCUT2D eigenvalue weighted by atomic mass is 9.92. The molecule has 2 fully saturated rings. The molecule has 0 saturated heterocycles. The number of ether oxygens (including phenoxy) is 1. The van der Waals surface area contributed by atoms with E-state index in [1.165, 1.54) is 25.7 Å². The van der Waals surface area contributed by atoms with Gasteiger partial charge in [-0.1, -0.05) is 24.3 Å². The van der Waals surface area contributed by atoms with Crippen LogP contribution in [-0.2, 0) is 15.6 Å². The summed E-state index contributed by atoms with van der Waals surface area (Å²) in [6.45, 7) is 0. The molecule has 0 radical (unpaired) electrons. The summed E-state index contributed by atoms with van der Waals surface area (Å²) in [7, 11) is 1.90. The predicted molar refractivity (Wildman–Crippen MR) is 59.1 cm³/mol. The van der Waals surface area contributed by atoms with Crippen molar-refractivity contribution in [3.63, 3.8) is 0 Å². The monoisotopic (exact) mass is 200 g/mol. The second-order valence-electron chi connectivity index (χ2n) is 5.47. The van der Waals surface area contributed by atoms with Crippen molar-refractivity contribution in [1.29, 1.82) is 0 Å². The summed E-state index contributed by atoms with van der Waals surface area (Å²) in [5.74, 6) is 0. The highest BCUT2D eigenvalue weighted by Gasteiger charge is 2.69. The minimum atomic E-state index is 0.418. The molecule has 3 aliphatic rings. The van der Waals surface area contributed by atoms with Gasteiger partial charge in [0.15, 0.2) is 0 Å². The third-order valence-electron chi connectivity index (χ3n) is 4.82. The molecule has 0 atom stereocenters. The van der Waals surface area contributed by atoms with Gasteiger partial charge >= 0.3 is 0 Å². The molecule has 0 aliphatic heterocycles. The van der Waals surface area contributed by atoms with Crippen molar-refractivity contribution in [2.45, 2.75) is 42.6 Å². The molecule has 1 aromatic rings. The fourth-order valence-electron chi connectivity index (χ4n) is 3.95. The minimum Gasteiger partial charge on any atom is -0.380 e. The molecule has 0 unspecified atom stereocenters. The van der Waals surface area contributed by atoms with Crippen LogP contribution in [0.25, 0.3) is 0 Å². The normalized spacial score (nSPS) is 28.3. The maximum absolute atomic E-state index is 5.85. The summed E-state index contributed by atoms with van der Waals surface area (Å²) in [4.78, 5) is 0. The molecule has 0 N–H and O–H groups in total. The second kappa shape index (κ2) is 2.30. The molecule has 0 heterocycles. The van der Waals surface area contributed by atoms with Crippen molar-refractivity contribution in [2.24, 2.45) is 0 Å². The van der Waals surface area contributed by atoms with Crippen LogP contribution in [-0.4, -0.2) is 13.2 Å². The molecular formula is C14H16O. The largest absolute Gasteiger partial charge is 0.380 e. The van der Waals surface area contributed by atoms with Crippen molar-refractivity contribution < 1.29 is 4.74 Å². The van der Waals surface area contributed by atoms with E-state index in [4.69, 9.17) is 4.74 Å². The van der Waals surface area contributed by atoms with Crippen molar-refractivity contribution >= 4 is 0 Å². The molecule has 15 heavy (non-hydrogen) atoms. The van der Waals surface area contributed by atoms with Crippen LogP contribution in [0.4, 0.5) is 0 Å². The van der Waals surface area contributed by atoms with Gasteiger partial charge in [0, 0.05) is 17.9 Å². The number of benzene rings is 1. The number of hydrogen-bond donors (Lipinski definition) is 0. The average molecular weight is 200 g/mol. The molecule has 1 nitrogen and oxygen atoms in total. The zero-order chi connectivity index (χ0) is 10.1. The summed E-state index contributed by atoms with van der Waals surface area (Å²) in [6, 6.07) is 9.04. The van der Waals surface area contributed by atoms with Gasteiger partial charge in [-0.15, -0.1) is 0 Å². The highest BCUT2D eigenvalue weighted by molar-refractivity contribution is 5.55. The summed E-state index contributed by atoms with van der Waals surface area (Å²) in [6.07, 6.45) is 5.82. The zero-order valence-corrected chi connectivity index (χ0v) is 9.12. The quantitative estimate of drug-likeness (QED) is 0.677. The van der Waals surface area contributed by atoms with Gasteiger partial charge in [-0.05, 0) is 36.8 Å². The molecule has 1 heteroatoms. The Balaban J connectivity index is 1.98. The standard InChI is InChI=1S/C14H16O/c1-15-12-13(6-7-13)10-4-2-3-5-11(10)14(12)8-9-14/h2-5,12H,6-9H2,1H3. The molecule has 3 aliphatic carbocycles. The third kappa shape index (κ3) is 0.772. The second-order valence-corrected chi connectivity index (χ2v) is 5.47. The lowest BCUT2D eigenvalue weighted by Crippen LogP contribution is -2.31. The third-order valence-corrected chi connectivity index (χ3v) is 4.82. The van der Waals surface area contributed by atoms with Crippen molar-refractivity contribution in [1.82, 2.24) is 0 Å². The maximum Gasteiger partial charge on any atom is 0.0764 e. The van der Waals surface area contributed by atoms with Gasteiger partial charge in [-0.3, -0.25) is 0 Å². The maximum atomic E-state index is 5.85. The van der Waals surface area contributed by atoms with Gasteiger partial charge in [0.05, 0.1) is 6.10 Å². The average Bonchev–Trinajstić information content (AvgIpc) is 3.11. The van der Waals surface area contributed by atoms with E-state index in [0.29, 0.717) is 16.9 Å². The fraction of sp³-hybridized carbons (Fsp3) is 0.571. The van der Waals surface area contributed by atoms with Crippen LogP contribution in [0.1, 0.15) is 36.8 Å². The highest BCUT2D eigenvalue weighted by Crippen LogP contribution is 2.70. The molecule has 0 amide bonds. The first-order valence-corrected chi connectivity index (χ1v) is 5.96. The summed E-state index contributed by atoms with van der Waals surface area (Å²) in [5.41, 5.74) is 4.05. The van der Waals surface area contributed by atoms with E-state index in [-0.39, 0.29) is 0 Å². The highest BCUT2D eigenvalue weighted by atomic mass is 16.5. The van der Waals surface area contributed by atoms with Crippen LogP contribution < -0.4 is 0 Å². The Hall–Kier alpha value is -0.820. The van der Waals surface area contributed by atoms with Crippen molar-refractivity contribution in [3.05, 3.63) is 35.4 Å². The summed E-state index contributed by atoms with van der Waals surface area (Å²) >= 11 is 0. The van der Waals surface area contributed by atoms with E-state index < -0.39 is 0 Å². The lowest BCUT2D eigenvalue weighted by Gasteiger charge is -2.23. The lowest BCUT2D eigenvalue weighted by molar-refractivity contribution is 0.0511. The van der Waals surface area contributed by atoms with Crippen LogP contribution in [0.2, 0.25) is 0 Å². The molecule has 2 spiro atoms. The zero-order valence-electron chi connectivity index (χ0n) is 9.12. The molecular weight excluding hydrogens is 184 g/mol. The molecule has 78 valence electrons. The van der Waals surface area contributed by atoms with Gasteiger partial charge in [0.25, 0.3) is 0 Å². The van der Waals surface area contributed by atoms with E-state index in [1.54, 1.807) is 11.1 Å². The Kier molecular flexibility index (Phi) is 1.28. The van der Waals surface area contributed by atoms with Gasteiger partial charge < -0.3 is 4.74 Å². The van der Waals surface area contributed by atoms with E-state index >= 15 is 0 Å². The first kappa shape index (κ1) is 8.35. The van der Waals surface area contributed by atoms with Gasteiger partial charge in [0.2, 0.25) is 0 Å². The topological polar surface area (TPSA) is 9.23 Å². The Labute approximate surface area is 90.4 Å². The predicted octanol–water partition coefficient (Wildman–Crippen LogP) is 2.78. The van der Waals surface area contributed by atoms with Gasteiger partial charge in [-0.2, -0.15) is 0 Å². The Morgan fingerprint density at radius 1 is 1.00 bits per heavy atom. The molecule has 0 bridgehead atoms. The number of rotatable bonds is 1. The SMILES string of the molecule is COC1C2(CC2)c2ccccc2C12CC2. The van der Waals surface area contributed by atoms with Crippen LogP contribution in [0, 0.1) is 0 Å². The minimum absolute atomic E-state index is 0.418. The van der Waals surface area contributed by atoms with Crippen LogP contribution >= 0.6 is 0 Å². The molecule has 2 saturated carbocycles. The van der Waals surface area contributed by atoms with Gasteiger partial charge in [-0.25, -0.2) is 0 Å². The number of hydrogen-bond acceptors (Lipinski definition) is 1. The van der Waals surface area contributed by atoms with E-state index in [1.807, 2.05) is 7.11 Å². The fourth-order valence-corrected chi connectivity index (χ4v) is 3.95.